The largest absolute Gasteiger partial charge is 0.208 e. The highest BCUT2D eigenvalue weighted by molar-refractivity contribution is 5.97. The summed E-state index contributed by atoms with van der Waals surface area (Å²) in [7, 11) is 0. The van der Waals surface area contributed by atoms with Gasteiger partial charge in [0.05, 0.1) is 0 Å². The van der Waals surface area contributed by atoms with Gasteiger partial charge in [-0.1, -0.05) is 182 Å². The Morgan fingerprint density at radius 3 is 1.62 bits per heavy atom. The molecule has 7 aromatic carbocycles. The van der Waals surface area contributed by atoms with Crippen LogP contribution in [0.5, 0.6) is 0 Å². The third-order valence-electron chi connectivity index (χ3n) is 12.9. The number of aromatic nitrogens is 3. The first-order valence-electron chi connectivity index (χ1n) is 20.7. The molecule has 8 aromatic rings. The van der Waals surface area contributed by atoms with Gasteiger partial charge >= 0.3 is 0 Å². The Hall–Kier alpha value is -6.71. The Bertz CT molecular complexity index is 2770. The Labute approximate surface area is 340 Å². The second kappa shape index (κ2) is 14.0. The Morgan fingerprint density at radius 1 is 0.448 bits per heavy atom. The molecule has 1 saturated carbocycles. The Balaban J connectivity index is 1.11. The van der Waals surface area contributed by atoms with Crippen LogP contribution in [0.15, 0.2) is 188 Å². The van der Waals surface area contributed by atoms with Crippen LogP contribution in [0.4, 0.5) is 0 Å². The maximum absolute atomic E-state index is 5.34. The summed E-state index contributed by atoms with van der Waals surface area (Å²) in [5.41, 5.74) is 17.0. The van der Waals surface area contributed by atoms with E-state index in [2.05, 4.69) is 189 Å². The zero-order valence-corrected chi connectivity index (χ0v) is 32.6. The minimum atomic E-state index is -0.0803. The number of rotatable bonds is 6. The summed E-state index contributed by atoms with van der Waals surface area (Å²) in [5.74, 6) is 3.36. The summed E-state index contributed by atoms with van der Waals surface area (Å²) < 4.78 is 0. The first-order chi connectivity index (χ1) is 28.6. The molecule has 3 unspecified atom stereocenters. The fourth-order valence-electron chi connectivity index (χ4n) is 10.4. The Morgan fingerprint density at radius 2 is 0.948 bits per heavy atom. The van der Waals surface area contributed by atoms with Crippen molar-refractivity contribution in [1.82, 2.24) is 15.0 Å². The lowest BCUT2D eigenvalue weighted by Gasteiger charge is -2.45. The van der Waals surface area contributed by atoms with Crippen molar-refractivity contribution in [1.29, 1.82) is 0 Å². The monoisotopic (exact) mass is 745 g/mol. The summed E-state index contributed by atoms with van der Waals surface area (Å²) in [4.78, 5) is 15.9. The van der Waals surface area contributed by atoms with Crippen molar-refractivity contribution in [3.63, 3.8) is 0 Å². The molecule has 3 heteroatoms. The molecule has 1 aromatic heterocycles. The van der Waals surface area contributed by atoms with Crippen molar-refractivity contribution in [2.75, 3.05) is 0 Å². The van der Waals surface area contributed by atoms with Crippen molar-refractivity contribution in [2.24, 2.45) is 11.8 Å². The SMILES string of the molecule is CC1C=C2CC(CCC23c2ccccc2-c2c(-c4ccccc4-c4nc(-c5cccc(-c6ccccc6)c5)nc(-c5cccc(-c6ccccc6)c5)n4)cccc23)C1. The molecule has 3 aliphatic rings. The van der Waals surface area contributed by atoms with Crippen LogP contribution in [0.3, 0.4) is 0 Å². The molecular formula is C55H43N3. The molecule has 3 atom stereocenters. The van der Waals surface area contributed by atoms with Gasteiger partial charge in [-0.15, -0.1) is 0 Å². The first kappa shape index (κ1) is 34.5. The summed E-state index contributed by atoms with van der Waals surface area (Å²) >= 11 is 0. The van der Waals surface area contributed by atoms with Gasteiger partial charge in [0.25, 0.3) is 0 Å². The van der Waals surface area contributed by atoms with E-state index in [0.717, 1.165) is 56.8 Å². The van der Waals surface area contributed by atoms with Crippen LogP contribution in [-0.2, 0) is 5.41 Å². The lowest BCUT2D eigenvalue weighted by Crippen LogP contribution is -2.36. The van der Waals surface area contributed by atoms with Gasteiger partial charge in [-0.2, -0.15) is 0 Å². The molecule has 58 heavy (non-hydrogen) atoms. The van der Waals surface area contributed by atoms with Crippen molar-refractivity contribution in [2.45, 2.75) is 38.0 Å². The maximum atomic E-state index is 5.34. The molecule has 0 saturated heterocycles. The average Bonchev–Trinajstić information content (AvgIpc) is 3.58. The van der Waals surface area contributed by atoms with Gasteiger partial charge in [0.15, 0.2) is 17.5 Å². The van der Waals surface area contributed by atoms with E-state index in [1.807, 2.05) is 0 Å². The van der Waals surface area contributed by atoms with Gasteiger partial charge in [0, 0.05) is 22.1 Å². The van der Waals surface area contributed by atoms with Gasteiger partial charge in [-0.3, -0.25) is 0 Å². The summed E-state index contributed by atoms with van der Waals surface area (Å²) in [6, 6.07) is 63.0. The molecule has 0 radical (unpaired) electrons. The molecule has 0 amide bonds. The fraction of sp³-hybridized carbons (Fsp3) is 0.145. The molecule has 278 valence electrons. The molecule has 3 aliphatic carbocycles. The molecule has 1 spiro atoms. The van der Waals surface area contributed by atoms with Crippen molar-refractivity contribution < 1.29 is 0 Å². The van der Waals surface area contributed by atoms with Crippen LogP contribution in [0.1, 0.15) is 43.7 Å². The molecule has 3 nitrogen and oxygen atoms in total. The minimum Gasteiger partial charge on any atom is -0.208 e. The van der Waals surface area contributed by atoms with Gasteiger partial charge in [0.1, 0.15) is 0 Å². The number of allylic oxidation sites excluding steroid dienone is 2. The predicted octanol–water partition coefficient (Wildman–Crippen LogP) is 13.9. The molecule has 1 fully saturated rings. The van der Waals surface area contributed by atoms with E-state index in [9.17, 15) is 0 Å². The van der Waals surface area contributed by atoms with E-state index in [1.165, 1.54) is 47.1 Å². The van der Waals surface area contributed by atoms with Crippen LogP contribution in [-0.4, -0.2) is 15.0 Å². The number of nitrogens with zero attached hydrogens (tertiary/aromatic N) is 3. The van der Waals surface area contributed by atoms with Gasteiger partial charge in [0.2, 0.25) is 0 Å². The lowest BCUT2D eigenvalue weighted by atomic mass is 9.58. The van der Waals surface area contributed by atoms with E-state index in [1.54, 1.807) is 5.57 Å². The second-order valence-electron chi connectivity index (χ2n) is 16.4. The van der Waals surface area contributed by atoms with E-state index in [4.69, 9.17) is 15.0 Å². The molecule has 0 N–H and O–H groups in total. The van der Waals surface area contributed by atoms with E-state index >= 15 is 0 Å². The standard InChI is InChI=1S/C55H43N3/c1-36-31-37-29-30-55(44(32-36)33-37)49-27-11-10-25-48(49)51-46(26-14-28-50(51)55)45-23-8-9-24-47(45)54-57-52(42-21-12-19-40(34-42)38-15-4-2-5-16-38)56-53(58-54)43-22-13-20-41(35-43)39-17-6-3-7-18-39/h2-28,32,34-37H,29-31,33H2,1H3. The van der Waals surface area contributed by atoms with Crippen LogP contribution >= 0.6 is 0 Å². The highest BCUT2D eigenvalue weighted by Gasteiger charge is 2.50. The average molecular weight is 746 g/mol. The fourth-order valence-corrected chi connectivity index (χ4v) is 10.4. The molecule has 2 bridgehead atoms. The molecule has 1 heterocycles. The highest BCUT2D eigenvalue weighted by Crippen LogP contribution is 2.62. The summed E-state index contributed by atoms with van der Waals surface area (Å²) in [6.45, 7) is 2.41. The normalized spacial score (nSPS) is 19.0. The zero-order chi connectivity index (χ0) is 38.6. The topological polar surface area (TPSA) is 38.7 Å². The minimum absolute atomic E-state index is 0.0803. The maximum Gasteiger partial charge on any atom is 0.164 e. The van der Waals surface area contributed by atoms with Gasteiger partial charge < -0.3 is 0 Å². The van der Waals surface area contributed by atoms with E-state index in [-0.39, 0.29) is 5.41 Å². The van der Waals surface area contributed by atoms with Crippen LogP contribution < -0.4 is 0 Å². The number of hydrogen-bond acceptors (Lipinski definition) is 3. The summed E-state index contributed by atoms with van der Waals surface area (Å²) in [6.07, 6.45) is 7.56. The van der Waals surface area contributed by atoms with Crippen LogP contribution in [0.2, 0.25) is 0 Å². The van der Waals surface area contributed by atoms with Crippen LogP contribution in [0, 0.1) is 11.8 Å². The van der Waals surface area contributed by atoms with E-state index < -0.39 is 0 Å². The molecular weight excluding hydrogens is 703 g/mol. The number of benzene rings is 7. The molecule has 0 aliphatic heterocycles. The van der Waals surface area contributed by atoms with Gasteiger partial charge in [-0.25, -0.2) is 15.0 Å². The number of hydrogen-bond donors (Lipinski definition) is 0. The van der Waals surface area contributed by atoms with Crippen LogP contribution in [0.25, 0.3) is 78.7 Å². The molecule has 11 rings (SSSR count). The third kappa shape index (κ3) is 5.76. The van der Waals surface area contributed by atoms with E-state index in [0.29, 0.717) is 23.4 Å². The van der Waals surface area contributed by atoms with Gasteiger partial charge in [-0.05, 0) is 105 Å². The third-order valence-corrected chi connectivity index (χ3v) is 12.9. The highest BCUT2D eigenvalue weighted by atomic mass is 15.0. The van der Waals surface area contributed by atoms with Crippen molar-refractivity contribution in [3.05, 3.63) is 199 Å². The Kier molecular flexibility index (Phi) is 8.36. The van der Waals surface area contributed by atoms with Crippen molar-refractivity contribution >= 4 is 0 Å². The first-order valence-corrected chi connectivity index (χ1v) is 20.7. The smallest absolute Gasteiger partial charge is 0.164 e. The number of fused-ring (bicyclic) bond motifs is 8. The zero-order valence-electron chi connectivity index (χ0n) is 32.6. The quantitative estimate of drug-likeness (QED) is 0.159. The second-order valence-corrected chi connectivity index (χ2v) is 16.4. The predicted molar refractivity (Wildman–Crippen MR) is 238 cm³/mol. The van der Waals surface area contributed by atoms with Crippen molar-refractivity contribution in [3.8, 4) is 78.7 Å². The lowest BCUT2D eigenvalue weighted by molar-refractivity contribution is 0.284. The summed E-state index contributed by atoms with van der Waals surface area (Å²) in [5, 5.41) is 0.